The third kappa shape index (κ3) is 2.95. The Labute approximate surface area is 127 Å². The van der Waals surface area contributed by atoms with Crippen molar-refractivity contribution in [1.82, 2.24) is 9.88 Å². The van der Waals surface area contributed by atoms with Crippen LogP contribution < -0.4 is 0 Å². The van der Waals surface area contributed by atoms with E-state index in [0.29, 0.717) is 38.5 Å². The van der Waals surface area contributed by atoms with Gasteiger partial charge in [0.1, 0.15) is 5.69 Å². The zero-order valence-electron chi connectivity index (χ0n) is 12.2. The van der Waals surface area contributed by atoms with Gasteiger partial charge in [-0.1, -0.05) is 0 Å². The number of ether oxygens (including phenoxy) is 2. The highest BCUT2D eigenvalue weighted by Crippen LogP contribution is 2.29. The minimum absolute atomic E-state index is 0.0700. The molecule has 1 spiro atoms. The van der Waals surface area contributed by atoms with Gasteiger partial charge in [-0.05, 0) is 12.1 Å². The number of hydrogen-bond donors (Lipinski definition) is 1. The van der Waals surface area contributed by atoms with Crippen molar-refractivity contribution in [2.24, 2.45) is 0 Å². The summed E-state index contributed by atoms with van der Waals surface area (Å²) in [5, 5.41) is 8.84. The molecule has 118 valence electrons. The fourth-order valence-electron chi connectivity index (χ4n) is 2.89. The number of hydrogen-bond acceptors (Lipinski definition) is 5. The molecule has 1 aromatic rings. The zero-order valence-corrected chi connectivity index (χ0v) is 12.2. The van der Waals surface area contributed by atoms with Crippen LogP contribution >= 0.6 is 0 Å². The second-order valence-corrected chi connectivity index (χ2v) is 5.61. The van der Waals surface area contributed by atoms with Crippen molar-refractivity contribution >= 4 is 11.9 Å². The molecule has 2 fully saturated rings. The van der Waals surface area contributed by atoms with E-state index < -0.39 is 5.97 Å². The summed E-state index contributed by atoms with van der Waals surface area (Å²) in [5.74, 6) is -1.25. The van der Waals surface area contributed by atoms with Gasteiger partial charge in [0, 0.05) is 38.8 Å². The van der Waals surface area contributed by atoms with Crippen LogP contribution in [0.5, 0.6) is 0 Å². The highest BCUT2D eigenvalue weighted by molar-refractivity contribution is 5.95. The van der Waals surface area contributed by atoms with Gasteiger partial charge in [0.15, 0.2) is 0 Å². The molecule has 3 heterocycles. The number of amides is 1. The van der Waals surface area contributed by atoms with E-state index in [1.165, 1.54) is 18.3 Å². The maximum Gasteiger partial charge on any atom is 0.354 e. The monoisotopic (exact) mass is 306 g/mol. The molecule has 0 bridgehead atoms. The van der Waals surface area contributed by atoms with E-state index in [-0.39, 0.29) is 17.2 Å². The predicted octanol–water partition coefficient (Wildman–Crippen LogP) is 0.801. The summed E-state index contributed by atoms with van der Waals surface area (Å²) in [6, 6.07) is 2.85. The van der Waals surface area contributed by atoms with Crippen LogP contribution in [0.1, 0.15) is 33.7 Å². The van der Waals surface area contributed by atoms with Crippen molar-refractivity contribution in [1.29, 1.82) is 0 Å². The summed E-state index contributed by atoms with van der Waals surface area (Å²) in [7, 11) is 0. The third-order valence-corrected chi connectivity index (χ3v) is 4.17. The minimum Gasteiger partial charge on any atom is -0.477 e. The molecule has 1 amide bonds. The van der Waals surface area contributed by atoms with Crippen LogP contribution in [0.25, 0.3) is 0 Å². The number of rotatable bonds is 2. The number of aromatic nitrogens is 1. The van der Waals surface area contributed by atoms with Gasteiger partial charge in [-0.3, -0.25) is 4.79 Å². The number of carboxylic acids is 1. The van der Waals surface area contributed by atoms with Gasteiger partial charge in [-0.25, -0.2) is 9.78 Å². The molecule has 1 aromatic heterocycles. The van der Waals surface area contributed by atoms with Crippen molar-refractivity contribution in [3.05, 3.63) is 29.6 Å². The fourth-order valence-corrected chi connectivity index (χ4v) is 2.89. The van der Waals surface area contributed by atoms with Gasteiger partial charge in [-0.2, -0.15) is 0 Å². The molecule has 0 saturated carbocycles. The molecule has 2 aliphatic rings. The minimum atomic E-state index is -1.11. The molecule has 7 heteroatoms. The zero-order chi connectivity index (χ0) is 15.6. The van der Waals surface area contributed by atoms with Crippen LogP contribution in [-0.2, 0) is 9.47 Å². The van der Waals surface area contributed by atoms with Gasteiger partial charge in [0.2, 0.25) is 0 Å². The Balaban J connectivity index is 1.72. The number of carboxylic acid groups (broad SMARTS) is 1. The second kappa shape index (κ2) is 6.02. The fraction of sp³-hybridized carbons (Fsp3) is 0.533. The van der Waals surface area contributed by atoms with E-state index in [1.54, 1.807) is 4.90 Å². The molecule has 1 N–H and O–H groups in total. The Hall–Kier alpha value is -1.99. The number of carbonyl (C=O) groups excluding carboxylic acids is 1. The van der Waals surface area contributed by atoms with E-state index in [0.717, 1.165) is 12.8 Å². The lowest BCUT2D eigenvalue weighted by molar-refractivity contribution is -0.146. The Bertz CT molecular complexity index is 560. The number of carbonyl (C=O) groups is 2. The highest BCUT2D eigenvalue weighted by Gasteiger charge is 2.39. The van der Waals surface area contributed by atoms with Gasteiger partial charge in [-0.15, -0.1) is 0 Å². The SMILES string of the molecule is O=C(O)c1ccc(C(=O)N2CCOC3(CCOCC3)C2)cn1. The molecule has 0 unspecified atom stereocenters. The second-order valence-electron chi connectivity index (χ2n) is 5.61. The van der Waals surface area contributed by atoms with Crippen LogP contribution in [0.15, 0.2) is 18.3 Å². The van der Waals surface area contributed by atoms with Gasteiger partial charge >= 0.3 is 5.97 Å². The normalized spacial score (nSPS) is 20.8. The summed E-state index contributed by atoms with van der Waals surface area (Å²) in [5.41, 5.74) is 0.0224. The first-order valence-electron chi connectivity index (χ1n) is 7.30. The van der Waals surface area contributed by atoms with Crippen molar-refractivity contribution < 1.29 is 24.2 Å². The number of nitrogens with zero attached hydrogens (tertiary/aromatic N) is 2. The number of pyridine rings is 1. The van der Waals surface area contributed by atoms with Crippen molar-refractivity contribution in [2.45, 2.75) is 18.4 Å². The predicted molar refractivity (Wildman–Crippen MR) is 75.8 cm³/mol. The molecule has 0 aliphatic carbocycles. The quantitative estimate of drug-likeness (QED) is 0.869. The summed E-state index contributed by atoms with van der Waals surface area (Å²) < 4.78 is 11.3. The van der Waals surface area contributed by atoms with Gasteiger partial charge in [0.25, 0.3) is 5.91 Å². The van der Waals surface area contributed by atoms with Crippen molar-refractivity contribution in [3.63, 3.8) is 0 Å². The van der Waals surface area contributed by atoms with Crippen molar-refractivity contribution in [3.8, 4) is 0 Å². The maximum absolute atomic E-state index is 12.6. The average molecular weight is 306 g/mol. The largest absolute Gasteiger partial charge is 0.477 e. The molecule has 0 radical (unpaired) electrons. The first-order chi connectivity index (χ1) is 10.6. The molecule has 2 saturated heterocycles. The van der Waals surface area contributed by atoms with E-state index in [4.69, 9.17) is 14.6 Å². The van der Waals surface area contributed by atoms with Crippen LogP contribution in [0.3, 0.4) is 0 Å². The lowest BCUT2D eigenvalue weighted by Crippen LogP contribution is -2.55. The van der Waals surface area contributed by atoms with Crippen LogP contribution in [0.4, 0.5) is 0 Å². The van der Waals surface area contributed by atoms with Crippen LogP contribution in [0, 0.1) is 0 Å². The molecule has 22 heavy (non-hydrogen) atoms. The lowest BCUT2D eigenvalue weighted by Gasteiger charge is -2.44. The summed E-state index contributed by atoms with van der Waals surface area (Å²) in [4.78, 5) is 28.9. The summed E-state index contributed by atoms with van der Waals surface area (Å²) >= 11 is 0. The third-order valence-electron chi connectivity index (χ3n) is 4.17. The Morgan fingerprint density at radius 1 is 1.23 bits per heavy atom. The molecule has 0 aromatic carbocycles. The van der Waals surface area contributed by atoms with E-state index >= 15 is 0 Å². The standard InChI is InChI=1S/C15H18N2O5/c18-13(11-1-2-12(14(19)20)16-9-11)17-5-8-22-15(10-17)3-6-21-7-4-15/h1-2,9H,3-8,10H2,(H,19,20). The first kappa shape index (κ1) is 14.9. The molecular formula is C15H18N2O5. The molecule has 7 nitrogen and oxygen atoms in total. The number of aromatic carboxylic acids is 1. The van der Waals surface area contributed by atoms with Gasteiger partial charge in [0.05, 0.1) is 24.3 Å². The maximum atomic E-state index is 12.6. The number of morpholine rings is 1. The van der Waals surface area contributed by atoms with Crippen molar-refractivity contribution in [2.75, 3.05) is 32.9 Å². The molecule has 2 aliphatic heterocycles. The molecule has 3 rings (SSSR count). The Morgan fingerprint density at radius 2 is 2.00 bits per heavy atom. The Kier molecular flexibility index (Phi) is 4.08. The lowest BCUT2D eigenvalue weighted by atomic mass is 9.92. The average Bonchev–Trinajstić information content (AvgIpc) is 2.55. The smallest absolute Gasteiger partial charge is 0.354 e. The van der Waals surface area contributed by atoms with E-state index in [9.17, 15) is 9.59 Å². The topological polar surface area (TPSA) is 89.0 Å². The first-order valence-corrected chi connectivity index (χ1v) is 7.30. The molecular weight excluding hydrogens is 288 g/mol. The highest BCUT2D eigenvalue weighted by atomic mass is 16.5. The summed E-state index contributed by atoms with van der Waals surface area (Å²) in [6.07, 6.45) is 2.89. The van der Waals surface area contributed by atoms with E-state index in [1.807, 2.05) is 0 Å². The molecule has 0 atom stereocenters. The Morgan fingerprint density at radius 3 is 2.64 bits per heavy atom. The summed E-state index contributed by atoms with van der Waals surface area (Å²) in [6.45, 7) is 2.87. The van der Waals surface area contributed by atoms with Crippen LogP contribution in [-0.4, -0.2) is 65.4 Å². The van der Waals surface area contributed by atoms with E-state index in [2.05, 4.69) is 4.98 Å². The van der Waals surface area contributed by atoms with Gasteiger partial charge < -0.3 is 19.5 Å². The van der Waals surface area contributed by atoms with Crippen LogP contribution in [0.2, 0.25) is 0 Å².